The Morgan fingerprint density at radius 1 is 1.18 bits per heavy atom. The summed E-state index contributed by atoms with van der Waals surface area (Å²) >= 11 is 0. The Balaban J connectivity index is 3.90. The van der Waals surface area contributed by atoms with Crippen molar-refractivity contribution in [3.63, 3.8) is 0 Å². The van der Waals surface area contributed by atoms with Crippen LogP contribution in [0.15, 0.2) is 21.9 Å². The van der Waals surface area contributed by atoms with Crippen LogP contribution in [0, 0.1) is 6.92 Å². The summed E-state index contributed by atoms with van der Waals surface area (Å²) < 4.78 is 54.7. The van der Waals surface area contributed by atoms with Gasteiger partial charge in [-0.05, 0) is 30.5 Å². The molecule has 5 nitrogen and oxygen atoms in total. The summed E-state index contributed by atoms with van der Waals surface area (Å²) in [6.45, 7) is 3.42. The van der Waals surface area contributed by atoms with E-state index in [1.807, 2.05) is 0 Å². The molecule has 0 saturated carbocycles. The molecule has 0 bridgehead atoms. The number of hydrogen-bond donors (Lipinski definition) is 1. The quantitative estimate of drug-likeness (QED) is 0.839. The largest absolute Gasteiger partial charge is 0.295 e. The molecule has 0 saturated heterocycles. The van der Waals surface area contributed by atoms with Crippen molar-refractivity contribution in [2.45, 2.75) is 30.1 Å². The standard InChI is InChI=1S/C10H14O5S2/c1-4-8-7(2)5-6-9(17(13,14)15)10(8)16(3,11)12/h5-6H,4H2,1-3H3,(H,13,14,15). The van der Waals surface area contributed by atoms with Crippen LogP contribution in [0.2, 0.25) is 0 Å². The average molecular weight is 278 g/mol. The molecule has 1 rings (SSSR count). The number of aryl methyl sites for hydroxylation is 1. The highest BCUT2D eigenvalue weighted by Crippen LogP contribution is 2.27. The van der Waals surface area contributed by atoms with E-state index in [4.69, 9.17) is 4.55 Å². The predicted octanol–water partition coefficient (Wildman–Crippen LogP) is 1.21. The van der Waals surface area contributed by atoms with Crippen LogP contribution in [0.4, 0.5) is 0 Å². The lowest BCUT2D eigenvalue weighted by molar-refractivity contribution is 0.479. The van der Waals surface area contributed by atoms with Gasteiger partial charge in [-0.3, -0.25) is 4.55 Å². The molecule has 0 aliphatic carbocycles. The van der Waals surface area contributed by atoms with Gasteiger partial charge in [0.05, 0.1) is 4.90 Å². The smallest absolute Gasteiger partial charge is 0.282 e. The fourth-order valence-electron chi connectivity index (χ4n) is 1.75. The normalized spacial score (nSPS) is 12.7. The molecule has 0 heterocycles. The molecule has 0 unspecified atom stereocenters. The second-order valence-electron chi connectivity index (χ2n) is 3.79. The van der Waals surface area contributed by atoms with E-state index in [1.165, 1.54) is 6.07 Å². The first kappa shape index (κ1) is 14.1. The van der Waals surface area contributed by atoms with Crippen LogP contribution in [0.25, 0.3) is 0 Å². The van der Waals surface area contributed by atoms with E-state index in [0.717, 1.165) is 12.3 Å². The van der Waals surface area contributed by atoms with Crippen molar-refractivity contribution in [2.24, 2.45) is 0 Å². The van der Waals surface area contributed by atoms with E-state index in [1.54, 1.807) is 13.8 Å². The number of benzene rings is 1. The van der Waals surface area contributed by atoms with E-state index in [2.05, 4.69) is 0 Å². The van der Waals surface area contributed by atoms with Gasteiger partial charge in [0.1, 0.15) is 4.90 Å². The maximum Gasteiger partial charge on any atom is 0.295 e. The Hall–Kier alpha value is -0.920. The minimum atomic E-state index is -4.55. The average Bonchev–Trinajstić information content (AvgIpc) is 2.13. The fraction of sp³-hybridized carbons (Fsp3) is 0.400. The van der Waals surface area contributed by atoms with E-state index in [-0.39, 0.29) is 4.90 Å². The van der Waals surface area contributed by atoms with Crippen molar-refractivity contribution in [3.05, 3.63) is 23.3 Å². The molecule has 0 radical (unpaired) electrons. The van der Waals surface area contributed by atoms with Crippen LogP contribution in [0.1, 0.15) is 18.1 Å². The molecule has 0 fully saturated rings. The third-order valence-electron chi connectivity index (χ3n) is 2.46. The molecule has 1 aromatic carbocycles. The molecule has 7 heteroatoms. The lowest BCUT2D eigenvalue weighted by Gasteiger charge is -2.12. The van der Waals surface area contributed by atoms with Gasteiger partial charge in [0.15, 0.2) is 9.84 Å². The Labute approximate surface area is 101 Å². The van der Waals surface area contributed by atoms with Crippen LogP contribution in [-0.4, -0.2) is 27.6 Å². The van der Waals surface area contributed by atoms with Gasteiger partial charge in [-0.25, -0.2) is 8.42 Å². The topological polar surface area (TPSA) is 88.5 Å². The third kappa shape index (κ3) is 2.85. The summed E-state index contributed by atoms with van der Waals surface area (Å²) in [5, 5.41) is 0. The third-order valence-corrected chi connectivity index (χ3v) is 4.69. The first-order valence-corrected chi connectivity index (χ1v) is 8.22. The van der Waals surface area contributed by atoms with Crippen LogP contribution >= 0.6 is 0 Å². The van der Waals surface area contributed by atoms with Crippen LogP contribution in [-0.2, 0) is 26.4 Å². The van der Waals surface area contributed by atoms with E-state index < -0.39 is 24.9 Å². The minimum Gasteiger partial charge on any atom is -0.282 e. The van der Waals surface area contributed by atoms with Crippen molar-refractivity contribution in [3.8, 4) is 0 Å². The maximum atomic E-state index is 11.7. The number of rotatable bonds is 3. The first-order valence-electron chi connectivity index (χ1n) is 4.89. The summed E-state index contributed by atoms with van der Waals surface area (Å²) in [5.74, 6) is 0. The molecule has 17 heavy (non-hydrogen) atoms. The summed E-state index contributed by atoms with van der Waals surface area (Å²) in [5.41, 5.74) is 1.10. The van der Waals surface area contributed by atoms with Crippen LogP contribution in [0.5, 0.6) is 0 Å². The van der Waals surface area contributed by atoms with Crippen molar-refractivity contribution in [1.82, 2.24) is 0 Å². The molecular weight excluding hydrogens is 264 g/mol. The zero-order chi connectivity index (χ0) is 13.4. The molecule has 1 aromatic rings. The predicted molar refractivity (Wildman–Crippen MR) is 63.5 cm³/mol. The molecule has 0 atom stereocenters. The number of sulfone groups is 1. The van der Waals surface area contributed by atoms with Gasteiger partial charge in [-0.1, -0.05) is 13.0 Å². The van der Waals surface area contributed by atoms with Gasteiger partial charge in [0, 0.05) is 6.26 Å². The summed E-state index contributed by atoms with van der Waals surface area (Å²) in [6.07, 6.45) is 1.30. The van der Waals surface area contributed by atoms with Crippen molar-refractivity contribution in [2.75, 3.05) is 6.26 Å². The summed E-state index contributed by atoms with van der Waals surface area (Å²) in [4.78, 5) is -0.857. The molecule has 0 aliphatic rings. The SMILES string of the molecule is CCc1c(C)ccc(S(=O)(=O)O)c1S(C)(=O)=O. The Kier molecular flexibility index (Phi) is 3.66. The highest BCUT2D eigenvalue weighted by atomic mass is 32.2. The van der Waals surface area contributed by atoms with Gasteiger partial charge in [0.25, 0.3) is 10.1 Å². The van der Waals surface area contributed by atoms with Gasteiger partial charge in [-0.15, -0.1) is 0 Å². The molecule has 0 spiro atoms. The lowest BCUT2D eigenvalue weighted by Crippen LogP contribution is -2.12. The molecule has 1 N–H and O–H groups in total. The second kappa shape index (κ2) is 4.40. The zero-order valence-electron chi connectivity index (χ0n) is 9.76. The van der Waals surface area contributed by atoms with Gasteiger partial charge < -0.3 is 0 Å². The van der Waals surface area contributed by atoms with Crippen molar-refractivity contribution >= 4 is 20.0 Å². The molecule has 96 valence electrons. The van der Waals surface area contributed by atoms with Crippen LogP contribution in [0.3, 0.4) is 0 Å². The van der Waals surface area contributed by atoms with E-state index >= 15 is 0 Å². The van der Waals surface area contributed by atoms with E-state index in [9.17, 15) is 16.8 Å². The minimum absolute atomic E-state index is 0.303. The highest BCUT2D eigenvalue weighted by molar-refractivity contribution is 7.92. The fourth-order valence-corrected chi connectivity index (χ4v) is 4.31. The monoisotopic (exact) mass is 278 g/mol. The van der Waals surface area contributed by atoms with Crippen molar-refractivity contribution < 1.29 is 21.4 Å². The molecule has 0 aromatic heterocycles. The van der Waals surface area contributed by atoms with Gasteiger partial charge in [0.2, 0.25) is 0 Å². The lowest BCUT2D eigenvalue weighted by atomic mass is 10.1. The molecular formula is C10H14O5S2. The second-order valence-corrected chi connectivity index (χ2v) is 7.13. The van der Waals surface area contributed by atoms with Gasteiger partial charge in [-0.2, -0.15) is 8.42 Å². The Bertz CT molecular complexity index is 642. The van der Waals surface area contributed by atoms with E-state index in [0.29, 0.717) is 17.5 Å². The maximum absolute atomic E-state index is 11.7. The molecule has 0 amide bonds. The first-order chi connectivity index (χ1) is 7.59. The van der Waals surface area contributed by atoms with Crippen LogP contribution < -0.4 is 0 Å². The summed E-state index contributed by atoms with van der Waals surface area (Å²) in [6, 6.07) is 2.59. The Morgan fingerprint density at radius 2 is 1.71 bits per heavy atom. The van der Waals surface area contributed by atoms with Gasteiger partial charge >= 0.3 is 0 Å². The zero-order valence-corrected chi connectivity index (χ0v) is 11.4. The van der Waals surface area contributed by atoms with Crippen molar-refractivity contribution in [1.29, 1.82) is 0 Å². The molecule has 0 aliphatic heterocycles. The summed E-state index contributed by atoms with van der Waals surface area (Å²) in [7, 11) is -8.27. The number of hydrogen-bond acceptors (Lipinski definition) is 4. The Morgan fingerprint density at radius 3 is 2.06 bits per heavy atom. The highest BCUT2D eigenvalue weighted by Gasteiger charge is 2.25.